The first-order valence-corrected chi connectivity index (χ1v) is 8.86. The quantitative estimate of drug-likeness (QED) is 0.835. The van der Waals surface area contributed by atoms with E-state index in [-0.39, 0.29) is 30.0 Å². The fraction of sp³-hybridized carbons (Fsp3) is 0.444. The van der Waals surface area contributed by atoms with Gasteiger partial charge in [-0.2, -0.15) is 0 Å². The first kappa shape index (κ1) is 18.4. The first-order chi connectivity index (χ1) is 11.4. The van der Waals surface area contributed by atoms with Crippen LogP contribution >= 0.6 is 11.3 Å². The minimum absolute atomic E-state index is 0.0241. The Balaban J connectivity index is 2.22. The summed E-state index contributed by atoms with van der Waals surface area (Å²) in [4.78, 5) is 27.5. The van der Waals surface area contributed by atoms with Crippen molar-refractivity contribution in [3.63, 3.8) is 0 Å². The number of aryl methyl sites for hydroxylation is 1. The molecule has 1 N–H and O–H groups in total. The maximum absolute atomic E-state index is 12.8. The third-order valence-corrected chi connectivity index (χ3v) is 5.26. The Labute approximate surface area is 146 Å². The number of carbonyl (C=O) groups is 1. The highest BCUT2D eigenvalue weighted by Crippen LogP contribution is 2.14. The van der Waals surface area contributed by atoms with Crippen LogP contribution < -0.4 is 4.87 Å². The van der Waals surface area contributed by atoms with Crippen molar-refractivity contribution in [3.8, 4) is 0 Å². The van der Waals surface area contributed by atoms with Gasteiger partial charge in [0.25, 0.3) is 0 Å². The van der Waals surface area contributed by atoms with Crippen molar-refractivity contribution < 1.29 is 9.90 Å². The van der Waals surface area contributed by atoms with Gasteiger partial charge in [-0.3, -0.25) is 14.2 Å². The molecule has 0 saturated carbocycles. The van der Waals surface area contributed by atoms with E-state index in [0.29, 0.717) is 13.0 Å². The van der Waals surface area contributed by atoms with E-state index in [1.54, 1.807) is 4.90 Å². The molecule has 1 aromatic carbocycles. The summed E-state index contributed by atoms with van der Waals surface area (Å²) in [6, 6.07) is 9.65. The van der Waals surface area contributed by atoms with Gasteiger partial charge < -0.3 is 10.0 Å². The van der Waals surface area contributed by atoms with Gasteiger partial charge in [0.05, 0.1) is 0 Å². The Bertz CT molecular complexity index is 736. The summed E-state index contributed by atoms with van der Waals surface area (Å²) in [6.07, 6.45) is 0.509. The van der Waals surface area contributed by atoms with Crippen molar-refractivity contribution in [2.45, 2.75) is 46.3 Å². The van der Waals surface area contributed by atoms with Crippen LogP contribution in [-0.2, 0) is 17.9 Å². The minimum atomic E-state index is -0.109. The van der Waals surface area contributed by atoms with E-state index in [1.165, 1.54) is 15.9 Å². The van der Waals surface area contributed by atoms with E-state index in [9.17, 15) is 14.7 Å². The molecule has 2 aromatic rings. The molecule has 1 unspecified atom stereocenters. The first-order valence-electron chi connectivity index (χ1n) is 8.05. The lowest BCUT2D eigenvalue weighted by molar-refractivity contribution is -0.134. The Kier molecular flexibility index (Phi) is 6.34. The highest BCUT2D eigenvalue weighted by Gasteiger charge is 2.22. The van der Waals surface area contributed by atoms with Crippen molar-refractivity contribution in [3.05, 3.63) is 56.1 Å². The summed E-state index contributed by atoms with van der Waals surface area (Å²) in [5, 5.41) is 9.22. The number of rotatable bonds is 7. The van der Waals surface area contributed by atoms with E-state index in [1.807, 2.05) is 51.1 Å². The summed E-state index contributed by atoms with van der Waals surface area (Å²) in [7, 11) is 0. The molecule has 0 aliphatic carbocycles. The Hall–Kier alpha value is -1.92. The largest absolute Gasteiger partial charge is 0.396 e. The molecule has 1 aromatic heterocycles. The van der Waals surface area contributed by atoms with E-state index in [4.69, 9.17) is 0 Å². The Morgan fingerprint density at radius 3 is 2.50 bits per heavy atom. The van der Waals surface area contributed by atoms with Gasteiger partial charge in [0, 0.05) is 29.8 Å². The average Bonchev–Trinajstić information content (AvgIpc) is 2.80. The van der Waals surface area contributed by atoms with E-state index in [2.05, 4.69) is 0 Å². The Morgan fingerprint density at radius 1 is 1.29 bits per heavy atom. The van der Waals surface area contributed by atoms with Crippen molar-refractivity contribution in [2.24, 2.45) is 0 Å². The van der Waals surface area contributed by atoms with Gasteiger partial charge in [0.15, 0.2) is 0 Å². The molecule has 0 radical (unpaired) electrons. The number of nitrogens with zero attached hydrogens (tertiary/aromatic N) is 2. The molecule has 1 atom stereocenters. The number of carbonyl (C=O) groups excluding carboxylic acids is 1. The van der Waals surface area contributed by atoms with Gasteiger partial charge in [0.2, 0.25) is 5.91 Å². The Morgan fingerprint density at radius 2 is 1.96 bits per heavy atom. The van der Waals surface area contributed by atoms with Gasteiger partial charge in [0.1, 0.15) is 6.54 Å². The lowest BCUT2D eigenvalue weighted by Crippen LogP contribution is -2.41. The molecule has 1 heterocycles. The molecular weight excluding hydrogens is 324 g/mol. The zero-order valence-corrected chi connectivity index (χ0v) is 15.2. The molecule has 1 amide bonds. The van der Waals surface area contributed by atoms with Crippen molar-refractivity contribution >= 4 is 17.2 Å². The number of aliphatic hydroxyl groups excluding tert-OH is 1. The second kappa shape index (κ2) is 8.26. The average molecular weight is 348 g/mol. The van der Waals surface area contributed by atoms with Crippen LogP contribution in [0.25, 0.3) is 0 Å². The summed E-state index contributed by atoms with van der Waals surface area (Å²) in [6.45, 7) is 6.20. The molecular formula is C18H24N2O3S. The standard InChI is InChI=1S/C18H24N2O3S/c1-13(9-10-21)19(11-16-7-5-4-6-8-16)17(22)12-20-14(2)15(3)24-18(20)23/h4-8,13,21H,9-12H2,1-3H3. The molecule has 130 valence electrons. The highest BCUT2D eigenvalue weighted by atomic mass is 32.1. The molecule has 6 heteroatoms. The topological polar surface area (TPSA) is 62.5 Å². The molecule has 0 spiro atoms. The molecule has 0 fully saturated rings. The second-order valence-corrected chi connectivity index (χ2v) is 7.13. The normalized spacial score (nSPS) is 12.2. The predicted octanol–water partition coefficient (Wildman–Crippen LogP) is 2.33. The number of aliphatic hydroxyl groups is 1. The van der Waals surface area contributed by atoms with Gasteiger partial charge in [-0.15, -0.1) is 0 Å². The monoisotopic (exact) mass is 348 g/mol. The molecule has 0 aliphatic rings. The van der Waals surface area contributed by atoms with Crippen LogP contribution in [0.2, 0.25) is 0 Å². The van der Waals surface area contributed by atoms with Crippen LogP contribution in [0.1, 0.15) is 29.5 Å². The molecule has 2 rings (SSSR count). The zero-order chi connectivity index (χ0) is 17.7. The number of hydrogen-bond acceptors (Lipinski definition) is 4. The second-order valence-electron chi connectivity index (χ2n) is 5.96. The summed E-state index contributed by atoms with van der Waals surface area (Å²) in [5.74, 6) is -0.109. The van der Waals surface area contributed by atoms with Crippen LogP contribution in [0, 0.1) is 13.8 Å². The van der Waals surface area contributed by atoms with E-state index >= 15 is 0 Å². The molecule has 0 saturated heterocycles. The minimum Gasteiger partial charge on any atom is -0.396 e. The van der Waals surface area contributed by atoms with Gasteiger partial charge in [-0.1, -0.05) is 41.7 Å². The van der Waals surface area contributed by atoms with Crippen LogP contribution in [0.4, 0.5) is 0 Å². The third-order valence-electron chi connectivity index (χ3n) is 4.26. The van der Waals surface area contributed by atoms with Crippen LogP contribution in [-0.4, -0.2) is 33.1 Å². The van der Waals surface area contributed by atoms with Crippen molar-refractivity contribution in [1.29, 1.82) is 0 Å². The number of aromatic nitrogens is 1. The number of benzene rings is 1. The van der Waals surface area contributed by atoms with Gasteiger partial charge >= 0.3 is 4.87 Å². The molecule has 24 heavy (non-hydrogen) atoms. The smallest absolute Gasteiger partial charge is 0.308 e. The molecule has 0 aliphatic heterocycles. The third kappa shape index (κ3) is 4.33. The number of hydrogen-bond donors (Lipinski definition) is 1. The van der Waals surface area contributed by atoms with E-state index < -0.39 is 0 Å². The van der Waals surface area contributed by atoms with Crippen LogP contribution in [0.3, 0.4) is 0 Å². The van der Waals surface area contributed by atoms with Gasteiger partial charge in [-0.05, 0) is 32.8 Å². The fourth-order valence-corrected chi connectivity index (χ4v) is 3.44. The van der Waals surface area contributed by atoms with Crippen molar-refractivity contribution in [2.75, 3.05) is 6.61 Å². The molecule has 5 nitrogen and oxygen atoms in total. The summed E-state index contributed by atoms with van der Waals surface area (Å²) in [5.41, 5.74) is 1.87. The zero-order valence-electron chi connectivity index (χ0n) is 14.4. The van der Waals surface area contributed by atoms with Crippen molar-refractivity contribution in [1.82, 2.24) is 9.47 Å². The van der Waals surface area contributed by atoms with Crippen LogP contribution in [0.15, 0.2) is 35.1 Å². The van der Waals surface area contributed by atoms with Crippen LogP contribution in [0.5, 0.6) is 0 Å². The van der Waals surface area contributed by atoms with Gasteiger partial charge in [-0.25, -0.2) is 0 Å². The highest BCUT2D eigenvalue weighted by molar-refractivity contribution is 7.09. The summed E-state index contributed by atoms with van der Waals surface area (Å²) < 4.78 is 1.53. The maximum Gasteiger partial charge on any atom is 0.308 e. The maximum atomic E-state index is 12.8. The lowest BCUT2D eigenvalue weighted by atomic mass is 10.1. The predicted molar refractivity (Wildman–Crippen MR) is 96.2 cm³/mol. The summed E-state index contributed by atoms with van der Waals surface area (Å²) >= 11 is 1.17. The lowest BCUT2D eigenvalue weighted by Gasteiger charge is -2.29. The number of thiazole rings is 1. The van der Waals surface area contributed by atoms with E-state index in [0.717, 1.165) is 16.1 Å². The molecule has 0 bridgehead atoms. The number of amides is 1. The fourth-order valence-electron chi connectivity index (χ4n) is 2.61. The SMILES string of the molecule is Cc1sc(=O)n(CC(=O)N(Cc2ccccc2)C(C)CCO)c1C.